The van der Waals surface area contributed by atoms with E-state index in [1.807, 2.05) is 0 Å². The number of benzene rings is 6. The maximum atomic E-state index is 9.65. The van der Waals surface area contributed by atoms with Crippen molar-refractivity contribution in [3.05, 3.63) is 163 Å². The van der Waals surface area contributed by atoms with Crippen molar-refractivity contribution in [1.29, 1.82) is 0 Å². The minimum absolute atomic E-state index is 0. The Kier molecular flexibility index (Phi) is 22.2. The third-order valence-electron chi connectivity index (χ3n) is 15.7. The van der Waals surface area contributed by atoms with Crippen molar-refractivity contribution in [2.45, 2.75) is 237 Å². The Balaban J connectivity index is 0.000000320. The molecule has 0 saturated carbocycles. The number of nitrogens with one attached hydrogen (secondary N) is 2. The molecule has 75 heavy (non-hydrogen) atoms. The average Bonchev–Trinajstić information content (AvgIpc) is 3.32. The smallest absolute Gasteiger partial charge is 0.698 e. The zero-order valence-corrected chi connectivity index (χ0v) is 53.1. The molecule has 0 atom stereocenters. The van der Waals surface area contributed by atoms with E-state index in [-0.39, 0.29) is 21.7 Å². The van der Waals surface area contributed by atoms with Crippen LogP contribution in [-0.4, -0.2) is 0 Å². The summed E-state index contributed by atoms with van der Waals surface area (Å²) in [4.78, 5) is 0. The van der Waals surface area contributed by atoms with Gasteiger partial charge in [0, 0.05) is 0 Å². The molecule has 402 valence electrons. The Bertz CT molecular complexity index is 2380. The summed E-state index contributed by atoms with van der Waals surface area (Å²) in [5.74, 6) is 5.01. The van der Waals surface area contributed by atoms with E-state index in [1.54, 1.807) is 0 Å². The fourth-order valence-corrected chi connectivity index (χ4v) is 11.0. The zero-order chi connectivity index (χ0) is 55.5. The van der Waals surface area contributed by atoms with Crippen molar-refractivity contribution in [1.82, 2.24) is 0 Å². The summed E-state index contributed by atoms with van der Waals surface area (Å²) in [6.07, 6.45) is 0. The van der Waals surface area contributed by atoms with Crippen molar-refractivity contribution in [2.75, 3.05) is 0 Å². The molecule has 0 heterocycles. The monoisotopic (exact) mass is 1040 g/mol. The molecule has 2 N–H and O–H groups in total. The van der Waals surface area contributed by atoms with Crippen LogP contribution in [0.5, 0.6) is 0 Å². The summed E-state index contributed by atoms with van der Waals surface area (Å²) in [5.41, 5.74) is 46.5. The van der Waals surface area contributed by atoms with E-state index in [4.69, 9.17) is 0 Å². The second kappa shape index (κ2) is 26.3. The van der Waals surface area contributed by atoms with E-state index in [1.165, 1.54) is 89.0 Å². The molecule has 0 fully saturated rings. The van der Waals surface area contributed by atoms with Crippen LogP contribution in [0.2, 0.25) is 0 Å². The topological polar surface area (TPSA) is 47.6 Å². The van der Waals surface area contributed by atoms with Gasteiger partial charge in [-0.05, 0) is 182 Å². The predicted octanol–water partition coefficient (Wildman–Crippen LogP) is 24.9. The van der Waals surface area contributed by atoms with E-state index in [0.29, 0.717) is 82.4 Å². The number of hydrogen-bond donors (Lipinski definition) is 0. The summed E-state index contributed by atoms with van der Waals surface area (Å²) in [6.45, 7) is 54.9. The van der Waals surface area contributed by atoms with Crippen molar-refractivity contribution in [2.24, 2.45) is 0 Å². The Hall–Kier alpha value is -4.37. The van der Waals surface area contributed by atoms with Crippen LogP contribution in [0.25, 0.3) is 56.0 Å². The standard InChI is InChI=1S/2C36H50N.Ti/c2*1-20(2)26-16-30(22(5)6)34(31(17-26)23(7)8)28-14-13-15-29(36(28)37)35-32(24(9)10)18-27(21(3)4)19-33(35)25(11)12;/h2*13-25,37H,1-12H3;/q2*-1;+2. The van der Waals surface area contributed by atoms with E-state index in [9.17, 15) is 11.5 Å². The molecule has 0 radical (unpaired) electrons. The Morgan fingerprint density at radius 2 is 0.360 bits per heavy atom. The number of rotatable bonds is 16. The predicted molar refractivity (Wildman–Crippen MR) is 332 cm³/mol. The van der Waals surface area contributed by atoms with Gasteiger partial charge in [-0.25, -0.2) is 0 Å². The van der Waals surface area contributed by atoms with Crippen molar-refractivity contribution in [3.63, 3.8) is 0 Å². The summed E-state index contributed by atoms with van der Waals surface area (Å²) in [5, 5.41) is 0. The normalized spacial score (nSPS) is 12.1. The summed E-state index contributed by atoms with van der Waals surface area (Å²) in [6, 6.07) is 32.3. The first kappa shape index (κ1) is 63.2. The van der Waals surface area contributed by atoms with Crippen LogP contribution >= 0.6 is 0 Å². The van der Waals surface area contributed by atoms with Crippen molar-refractivity contribution < 1.29 is 21.7 Å². The van der Waals surface area contributed by atoms with Crippen LogP contribution in [0.3, 0.4) is 0 Å². The third-order valence-corrected chi connectivity index (χ3v) is 15.7. The molecule has 0 spiro atoms. The van der Waals surface area contributed by atoms with Gasteiger partial charge in [0.2, 0.25) is 0 Å². The van der Waals surface area contributed by atoms with Gasteiger partial charge in [-0.3, -0.25) is 0 Å². The van der Waals surface area contributed by atoms with Crippen LogP contribution in [0.1, 0.15) is 304 Å². The van der Waals surface area contributed by atoms with Crippen LogP contribution in [-0.2, 0) is 21.7 Å². The molecule has 0 aliphatic heterocycles. The minimum Gasteiger partial charge on any atom is -0.698 e. The van der Waals surface area contributed by atoms with E-state index < -0.39 is 0 Å². The Morgan fingerprint density at radius 1 is 0.227 bits per heavy atom. The first-order chi connectivity index (χ1) is 34.5. The van der Waals surface area contributed by atoms with Crippen LogP contribution < -0.4 is 0 Å². The van der Waals surface area contributed by atoms with Gasteiger partial charge in [-0.15, -0.1) is 11.4 Å². The van der Waals surface area contributed by atoms with E-state index in [0.717, 1.165) is 22.3 Å². The second-order valence-electron chi connectivity index (χ2n) is 25.6. The number of hydrogen-bond acceptors (Lipinski definition) is 0. The van der Waals surface area contributed by atoms with Gasteiger partial charge in [0.15, 0.2) is 0 Å². The zero-order valence-electron chi connectivity index (χ0n) is 51.5. The molecule has 0 aliphatic carbocycles. The fraction of sp³-hybridized carbons (Fsp3) is 0.500. The van der Waals surface area contributed by atoms with Gasteiger partial charge in [-0.1, -0.05) is 251 Å². The molecule has 6 aromatic rings. The maximum absolute atomic E-state index is 9.65. The molecule has 2 nitrogen and oxygen atoms in total. The van der Waals surface area contributed by atoms with Crippen LogP contribution in [0.4, 0.5) is 11.4 Å². The van der Waals surface area contributed by atoms with Gasteiger partial charge in [0.25, 0.3) is 0 Å². The van der Waals surface area contributed by atoms with Gasteiger partial charge in [0.05, 0.1) is 0 Å². The van der Waals surface area contributed by atoms with Crippen molar-refractivity contribution >= 4 is 11.4 Å². The molecule has 0 bridgehead atoms. The molecular formula is C72H100N2Ti. The molecule has 3 heteroatoms. The molecule has 0 amide bonds. The first-order valence-electron chi connectivity index (χ1n) is 28.9. The van der Waals surface area contributed by atoms with Gasteiger partial charge in [0.1, 0.15) is 0 Å². The van der Waals surface area contributed by atoms with Crippen LogP contribution in [0.15, 0.2) is 84.9 Å². The summed E-state index contributed by atoms with van der Waals surface area (Å²) >= 11 is 0. The molecule has 6 rings (SSSR count). The van der Waals surface area contributed by atoms with E-state index in [2.05, 4.69) is 251 Å². The molecule has 0 saturated heterocycles. The summed E-state index contributed by atoms with van der Waals surface area (Å²) in [7, 11) is 0. The van der Waals surface area contributed by atoms with Crippen LogP contribution in [0, 0.1) is 0 Å². The molecule has 6 aromatic carbocycles. The molecule has 0 aromatic heterocycles. The largest absolute Gasteiger partial charge is 2.00 e. The van der Waals surface area contributed by atoms with Gasteiger partial charge in [-0.2, -0.15) is 0 Å². The molecule has 0 unspecified atom stereocenters. The maximum Gasteiger partial charge on any atom is 2.00 e. The SMILES string of the molecule is CC(C)c1cc(C(C)C)c(-c2cccc(-c3c(C(C)C)cc(C(C)C)cc3C(C)C)c2[NH-])c(C(C)C)c1.CC(C)c1cc(C(C)C)c(-c2cccc(-c3c(C(C)C)cc(C(C)C)cc3C(C)C)c2[NH-])c(C(C)C)c1.[Ti+2]. The fourth-order valence-electron chi connectivity index (χ4n) is 11.0. The average molecular weight is 1040 g/mol. The van der Waals surface area contributed by atoms with Gasteiger partial charge >= 0.3 is 21.7 Å². The molecular weight excluding hydrogens is 941 g/mol. The molecule has 0 aliphatic rings. The third kappa shape index (κ3) is 13.9. The summed E-state index contributed by atoms with van der Waals surface area (Å²) < 4.78 is 0. The Labute approximate surface area is 475 Å². The second-order valence-corrected chi connectivity index (χ2v) is 25.6. The van der Waals surface area contributed by atoms with E-state index >= 15 is 0 Å². The van der Waals surface area contributed by atoms with Gasteiger partial charge < -0.3 is 11.5 Å². The first-order valence-corrected chi connectivity index (χ1v) is 28.9. The quantitative estimate of drug-likeness (QED) is 0.0868. The minimum atomic E-state index is 0. The van der Waals surface area contributed by atoms with Crippen molar-refractivity contribution in [3.8, 4) is 44.5 Å². The Morgan fingerprint density at radius 3 is 0.467 bits per heavy atom.